The standard InChI is InChI=1S/C13H20N2O2S/c1-13(2,3)11-8-18-12(15-11)6-10(16)9-7-17-5-4-14-9/h8-9,14H,4-7H2,1-3H3. The molecule has 0 bridgehead atoms. The normalized spacial score (nSPS) is 20.9. The van der Waals surface area contributed by atoms with Gasteiger partial charge >= 0.3 is 0 Å². The van der Waals surface area contributed by atoms with Gasteiger partial charge in [0.15, 0.2) is 5.78 Å². The van der Waals surface area contributed by atoms with E-state index >= 15 is 0 Å². The quantitative estimate of drug-likeness (QED) is 0.903. The number of hydrogen-bond donors (Lipinski definition) is 1. The van der Waals surface area contributed by atoms with Crippen molar-refractivity contribution >= 4 is 17.1 Å². The number of rotatable bonds is 3. The molecule has 0 amide bonds. The second kappa shape index (κ2) is 5.47. The van der Waals surface area contributed by atoms with Gasteiger partial charge < -0.3 is 10.1 Å². The first kappa shape index (κ1) is 13.6. The fourth-order valence-electron chi connectivity index (χ4n) is 1.78. The van der Waals surface area contributed by atoms with E-state index in [1.54, 1.807) is 11.3 Å². The molecular weight excluding hydrogens is 248 g/mol. The Kier molecular flexibility index (Phi) is 4.14. The van der Waals surface area contributed by atoms with Crippen LogP contribution in [0.15, 0.2) is 5.38 Å². The highest BCUT2D eigenvalue weighted by Gasteiger charge is 2.23. The van der Waals surface area contributed by atoms with E-state index in [-0.39, 0.29) is 17.2 Å². The van der Waals surface area contributed by atoms with Crippen molar-refractivity contribution in [3.8, 4) is 0 Å². The van der Waals surface area contributed by atoms with Gasteiger partial charge in [-0.2, -0.15) is 0 Å². The molecule has 0 saturated carbocycles. The van der Waals surface area contributed by atoms with Crippen molar-refractivity contribution in [2.45, 2.75) is 38.6 Å². The van der Waals surface area contributed by atoms with Crippen LogP contribution in [0.25, 0.3) is 0 Å². The molecule has 1 aromatic heterocycles. The third-order valence-corrected chi connectivity index (χ3v) is 3.80. The van der Waals surface area contributed by atoms with Crippen LogP contribution in [-0.4, -0.2) is 36.6 Å². The zero-order valence-corrected chi connectivity index (χ0v) is 12.0. The molecule has 0 aromatic carbocycles. The number of carbonyl (C=O) groups excluding carboxylic acids is 1. The van der Waals surface area contributed by atoms with Gasteiger partial charge in [-0.25, -0.2) is 4.98 Å². The number of nitrogens with one attached hydrogen (secondary N) is 1. The number of morpholine rings is 1. The van der Waals surface area contributed by atoms with Crippen molar-refractivity contribution in [3.63, 3.8) is 0 Å². The lowest BCUT2D eigenvalue weighted by Gasteiger charge is -2.22. The van der Waals surface area contributed by atoms with Gasteiger partial charge in [0.05, 0.1) is 31.4 Å². The maximum atomic E-state index is 12.1. The molecular formula is C13H20N2O2S. The minimum Gasteiger partial charge on any atom is -0.378 e. The number of hydrogen-bond acceptors (Lipinski definition) is 5. The zero-order valence-electron chi connectivity index (χ0n) is 11.2. The van der Waals surface area contributed by atoms with E-state index in [9.17, 15) is 4.79 Å². The van der Waals surface area contributed by atoms with Crippen LogP contribution in [0.4, 0.5) is 0 Å². The van der Waals surface area contributed by atoms with Crippen molar-refractivity contribution in [3.05, 3.63) is 16.1 Å². The van der Waals surface area contributed by atoms with E-state index in [0.717, 1.165) is 17.2 Å². The van der Waals surface area contributed by atoms with Gasteiger partial charge in [0, 0.05) is 17.3 Å². The molecule has 1 aromatic rings. The first-order chi connectivity index (χ1) is 8.47. The molecule has 4 nitrogen and oxygen atoms in total. The predicted octanol–water partition coefficient (Wildman–Crippen LogP) is 1.54. The second-order valence-electron chi connectivity index (χ2n) is 5.60. The Labute approximate surface area is 112 Å². The smallest absolute Gasteiger partial charge is 0.158 e. The maximum absolute atomic E-state index is 12.1. The van der Waals surface area contributed by atoms with E-state index in [4.69, 9.17) is 4.74 Å². The van der Waals surface area contributed by atoms with Gasteiger partial charge in [-0.15, -0.1) is 11.3 Å². The van der Waals surface area contributed by atoms with Crippen LogP contribution in [0, 0.1) is 0 Å². The van der Waals surface area contributed by atoms with Gasteiger partial charge in [0.25, 0.3) is 0 Å². The van der Waals surface area contributed by atoms with Crippen molar-refractivity contribution in [1.29, 1.82) is 0 Å². The Morgan fingerprint density at radius 1 is 1.61 bits per heavy atom. The van der Waals surface area contributed by atoms with E-state index in [0.29, 0.717) is 19.6 Å². The number of carbonyl (C=O) groups is 1. The zero-order chi connectivity index (χ0) is 13.2. The summed E-state index contributed by atoms with van der Waals surface area (Å²) in [6.45, 7) is 8.31. The molecule has 1 aliphatic rings. The van der Waals surface area contributed by atoms with Crippen LogP contribution >= 0.6 is 11.3 Å². The number of Topliss-reactive ketones (excluding diaryl/α,β-unsaturated/α-hetero) is 1. The van der Waals surface area contributed by atoms with Crippen molar-refractivity contribution in [2.24, 2.45) is 0 Å². The third-order valence-electron chi connectivity index (χ3n) is 2.96. The Bertz CT molecular complexity index is 417. The Morgan fingerprint density at radius 3 is 2.94 bits per heavy atom. The average molecular weight is 268 g/mol. The predicted molar refractivity (Wildman–Crippen MR) is 72.1 cm³/mol. The first-order valence-electron chi connectivity index (χ1n) is 6.25. The van der Waals surface area contributed by atoms with E-state index < -0.39 is 0 Å². The lowest BCUT2D eigenvalue weighted by Crippen LogP contribution is -2.47. The summed E-state index contributed by atoms with van der Waals surface area (Å²) in [6.07, 6.45) is 0.405. The molecule has 0 radical (unpaired) electrons. The summed E-state index contributed by atoms with van der Waals surface area (Å²) < 4.78 is 5.30. The summed E-state index contributed by atoms with van der Waals surface area (Å²) in [5, 5.41) is 6.13. The van der Waals surface area contributed by atoms with Crippen LogP contribution in [0.3, 0.4) is 0 Å². The first-order valence-corrected chi connectivity index (χ1v) is 7.13. The summed E-state index contributed by atoms with van der Waals surface area (Å²) in [5.74, 6) is 0.171. The molecule has 100 valence electrons. The molecule has 5 heteroatoms. The van der Waals surface area contributed by atoms with Crippen LogP contribution in [0.5, 0.6) is 0 Å². The molecule has 1 unspecified atom stereocenters. The molecule has 18 heavy (non-hydrogen) atoms. The van der Waals surface area contributed by atoms with Gasteiger partial charge in [0.1, 0.15) is 5.01 Å². The van der Waals surface area contributed by atoms with Crippen molar-refractivity contribution in [2.75, 3.05) is 19.8 Å². The summed E-state index contributed by atoms with van der Waals surface area (Å²) in [5.41, 5.74) is 1.10. The number of ether oxygens (including phenoxy) is 1. The highest BCUT2D eigenvalue weighted by molar-refractivity contribution is 7.09. The van der Waals surface area contributed by atoms with Crippen molar-refractivity contribution in [1.82, 2.24) is 10.3 Å². The summed E-state index contributed by atoms with van der Waals surface area (Å²) in [4.78, 5) is 16.6. The van der Waals surface area contributed by atoms with Crippen molar-refractivity contribution < 1.29 is 9.53 Å². The number of ketones is 1. The molecule has 2 heterocycles. The van der Waals surface area contributed by atoms with Crippen LogP contribution in [0.2, 0.25) is 0 Å². The SMILES string of the molecule is CC(C)(C)c1csc(CC(=O)C2COCCN2)n1. The van der Waals surface area contributed by atoms with Gasteiger partial charge in [-0.1, -0.05) is 20.8 Å². The fourth-order valence-corrected chi connectivity index (χ4v) is 2.81. The second-order valence-corrected chi connectivity index (χ2v) is 6.54. The van der Waals surface area contributed by atoms with Crippen LogP contribution in [0.1, 0.15) is 31.5 Å². The lowest BCUT2D eigenvalue weighted by atomic mass is 9.93. The molecule has 1 N–H and O–H groups in total. The van der Waals surface area contributed by atoms with Crippen LogP contribution < -0.4 is 5.32 Å². The van der Waals surface area contributed by atoms with Gasteiger partial charge in [-0.3, -0.25) is 4.79 Å². The highest BCUT2D eigenvalue weighted by atomic mass is 32.1. The molecule has 2 rings (SSSR count). The van der Waals surface area contributed by atoms with E-state index in [2.05, 4.69) is 31.1 Å². The largest absolute Gasteiger partial charge is 0.378 e. The van der Waals surface area contributed by atoms with Crippen LogP contribution in [-0.2, 0) is 21.4 Å². The van der Waals surface area contributed by atoms with E-state index in [1.165, 1.54) is 0 Å². The summed E-state index contributed by atoms with van der Waals surface area (Å²) in [7, 11) is 0. The lowest BCUT2D eigenvalue weighted by molar-refractivity contribution is -0.123. The van der Waals surface area contributed by atoms with E-state index in [1.807, 2.05) is 5.38 Å². The Hall–Kier alpha value is -0.780. The molecule has 1 atom stereocenters. The minimum absolute atomic E-state index is 0.0456. The molecule has 1 fully saturated rings. The van der Waals surface area contributed by atoms with Gasteiger partial charge in [-0.05, 0) is 0 Å². The summed E-state index contributed by atoms with van der Waals surface area (Å²) in [6, 6.07) is -0.166. The number of aromatic nitrogens is 1. The molecule has 1 aliphatic heterocycles. The Morgan fingerprint density at radius 2 is 2.39 bits per heavy atom. The molecule has 0 spiro atoms. The van der Waals surface area contributed by atoms with Gasteiger partial charge in [0.2, 0.25) is 0 Å². The maximum Gasteiger partial charge on any atom is 0.158 e. The Balaban J connectivity index is 1.96. The summed E-state index contributed by atoms with van der Waals surface area (Å²) >= 11 is 1.57. The highest BCUT2D eigenvalue weighted by Crippen LogP contribution is 2.24. The molecule has 0 aliphatic carbocycles. The molecule has 1 saturated heterocycles. The topological polar surface area (TPSA) is 51.2 Å². The number of thiazole rings is 1. The minimum atomic E-state index is -0.166. The number of nitrogens with zero attached hydrogens (tertiary/aromatic N) is 1. The average Bonchev–Trinajstić information content (AvgIpc) is 2.78. The third kappa shape index (κ3) is 3.37. The monoisotopic (exact) mass is 268 g/mol. The fraction of sp³-hybridized carbons (Fsp3) is 0.692.